The van der Waals surface area contributed by atoms with E-state index in [-0.39, 0.29) is 25.1 Å². The van der Waals surface area contributed by atoms with Gasteiger partial charge in [-0.2, -0.15) is 13.2 Å². The number of carboxylic acid groups (broad SMARTS) is 1. The zero-order chi connectivity index (χ0) is 17.5. The SMILES string of the molecule is O=C(O)CCCNC(=O)Nc1ccc(F)cc1OCC(F)(F)F. The van der Waals surface area contributed by atoms with Crippen LogP contribution in [0.15, 0.2) is 18.2 Å². The number of carbonyl (C=O) groups excluding carboxylic acids is 1. The lowest BCUT2D eigenvalue weighted by atomic mass is 10.3. The number of hydrogen-bond acceptors (Lipinski definition) is 3. The molecule has 0 fully saturated rings. The van der Waals surface area contributed by atoms with Gasteiger partial charge in [0.05, 0.1) is 5.69 Å². The van der Waals surface area contributed by atoms with Crippen molar-refractivity contribution in [1.82, 2.24) is 5.32 Å². The van der Waals surface area contributed by atoms with Gasteiger partial charge in [0.25, 0.3) is 0 Å². The molecule has 128 valence electrons. The summed E-state index contributed by atoms with van der Waals surface area (Å²) in [5.74, 6) is -2.31. The number of alkyl halides is 3. The predicted molar refractivity (Wildman–Crippen MR) is 71.8 cm³/mol. The molecule has 0 unspecified atom stereocenters. The van der Waals surface area contributed by atoms with Crippen molar-refractivity contribution >= 4 is 17.7 Å². The molecule has 23 heavy (non-hydrogen) atoms. The highest BCUT2D eigenvalue weighted by Gasteiger charge is 2.29. The number of carbonyl (C=O) groups is 2. The number of urea groups is 1. The molecule has 0 aliphatic heterocycles. The van der Waals surface area contributed by atoms with Crippen LogP contribution in [-0.2, 0) is 4.79 Å². The van der Waals surface area contributed by atoms with E-state index in [9.17, 15) is 27.2 Å². The molecule has 3 N–H and O–H groups in total. The van der Waals surface area contributed by atoms with Crippen LogP contribution >= 0.6 is 0 Å². The number of carboxylic acids is 1. The van der Waals surface area contributed by atoms with Crippen molar-refractivity contribution in [1.29, 1.82) is 0 Å². The van der Waals surface area contributed by atoms with Crippen LogP contribution in [0.4, 0.5) is 28.0 Å². The van der Waals surface area contributed by atoms with Gasteiger partial charge in [0.15, 0.2) is 6.61 Å². The van der Waals surface area contributed by atoms with Crippen molar-refractivity contribution in [2.45, 2.75) is 19.0 Å². The van der Waals surface area contributed by atoms with Gasteiger partial charge in [-0.3, -0.25) is 4.79 Å². The summed E-state index contributed by atoms with van der Waals surface area (Å²) < 4.78 is 54.0. The smallest absolute Gasteiger partial charge is 0.422 e. The summed E-state index contributed by atoms with van der Waals surface area (Å²) in [6.07, 6.45) is -4.57. The van der Waals surface area contributed by atoms with Gasteiger partial charge in [-0.25, -0.2) is 9.18 Å². The van der Waals surface area contributed by atoms with Crippen molar-refractivity contribution in [3.8, 4) is 5.75 Å². The fourth-order valence-corrected chi connectivity index (χ4v) is 1.49. The highest BCUT2D eigenvalue weighted by Crippen LogP contribution is 2.27. The number of halogens is 4. The maximum Gasteiger partial charge on any atom is 0.422 e. The van der Waals surface area contributed by atoms with E-state index < -0.39 is 36.4 Å². The second kappa shape index (κ2) is 8.20. The van der Waals surface area contributed by atoms with E-state index in [0.717, 1.165) is 12.1 Å². The Balaban J connectivity index is 2.61. The van der Waals surface area contributed by atoms with Crippen molar-refractivity contribution in [3.05, 3.63) is 24.0 Å². The van der Waals surface area contributed by atoms with Gasteiger partial charge in [-0.1, -0.05) is 0 Å². The van der Waals surface area contributed by atoms with E-state index in [1.165, 1.54) is 0 Å². The predicted octanol–water partition coefficient (Wildman–Crippen LogP) is 2.75. The number of rotatable bonds is 7. The van der Waals surface area contributed by atoms with Crippen LogP contribution in [0.3, 0.4) is 0 Å². The number of amides is 2. The Morgan fingerprint density at radius 3 is 2.57 bits per heavy atom. The Morgan fingerprint density at radius 2 is 1.96 bits per heavy atom. The fraction of sp³-hybridized carbons (Fsp3) is 0.385. The highest BCUT2D eigenvalue weighted by atomic mass is 19.4. The lowest BCUT2D eigenvalue weighted by molar-refractivity contribution is -0.153. The third-order valence-electron chi connectivity index (χ3n) is 2.44. The summed E-state index contributed by atoms with van der Waals surface area (Å²) in [7, 11) is 0. The Kier molecular flexibility index (Phi) is 6.61. The largest absolute Gasteiger partial charge is 0.482 e. The van der Waals surface area contributed by atoms with Crippen LogP contribution < -0.4 is 15.4 Å². The standard InChI is InChI=1S/C13H14F4N2O4/c14-8-3-4-9(10(6-8)23-7-13(15,16)17)19-12(22)18-5-1-2-11(20)21/h3-4,6H,1-2,5,7H2,(H,20,21)(H2,18,19,22). The summed E-state index contributed by atoms with van der Waals surface area (Å²) in [4.78, 5) is 21.8. The molecule has 0 spiro atoms. The van der Waals surface area contributed by atoms with Crippen LogP contribution in [0, 0.1) is 5.82 Å². The first-order valence-electron chi connectivity index (χ1n) is 6.43. The number of aliphatic carboxylic acids is 1. The van der Waals surface area contributed by atoms with Crippen molar-refractivity contribution < 1.29 is 37.0 Å². The van der Waals surface area contributed by atoms with Crippen molar-refractivity contribution in [3.63, 3.8) is 0 Å². The topological polar surface area (TPSA) is 87.7 Å². The molecule has 0 heterocycles. The number of anilines is 1. The molecule has 1 aromatic carbocycles. The first kappa shape index (κ1) is 18.5. The molecule has 0 aliphatic rings. The molecule has 2 amide bonds. The Labute approximate surface area is 128 Å². The zero-order valence-electron chi connectivity index (χ0n) is 11.7. The maximum absolute atomic E-state index is 13.1. The number of benzene rings is 1. The summed E-state index contributed by atoms with van der Waals surface area (Å²) in [5.41, 5.74) is -0.147. The summed E-state index contributed by atoms with van der Waals surface area (Å²) >= 11 is 0. The van der Waals surface area contributed by atoms with Gasteiger partial charge in [0.1, 0.15) is 11.6 Å². The van der Waals surface area contributed by atoms with Crippen LogP contribution in [0.25, 0.3) is 0 Å². The minimum absolute atomic E-state index is 0.0536. The molecule has 1 aromatic rings. The van der Waals surface area contributed by atoms with Gasteiger partial charge in [0.2, 0.25) is 0 Å². The number of hydrogen-bond donors (Lipinski definition) is 3. The molecule has 0 saturated carbocycles. The molecule has 0 bridgehead atoms. The Morgan fingerprint density at radius 1 is 1.26 bits per heavy atom. The van der Waals surface area contributed by atoms with Gasteiger partial charge < -0.3 is 20.5 Å². The summed E-state index contributed by atoms with van der Waals surface area (Å²) in [5, 5.41) is 13.0. The molecule has 6 nitrogen and oxygen atoms in total. The van der Waals surface area contributed by atoms with Crippen LogP contribution in [0.1, 0.15) is 12.8 Å². The van der Waals surface area contributed by atoms with Crippen molar-refractivity contribution in [2.75, 3.05) is 18.5 Å². The number of nitrogens with one attached hydrogen (secondary N) is 2. The second-order valence-corrected chi connectivity index (χ2v) is 4.42. The van der Waals surface area contributed by atoms with Gasteiger partial charge >= 0.3 is 18.2 Å². The summed E-state index contributed by atoms with van der Waals surface area (Å²) in [6, 6.07) is 1.93. The molecular weight excluding hydrogens is 324 g/mol. The lowest BCUT2D eigenvalue weighted by Gasteiger charge is -2.14. The first-order valence-corrected chi connectivity index (χ1v) is 6.43. The van der Waals surface area contributed by atoms with E-state index >= 15 is 0 Å². The van der Waals surface area contributed by atoms with E-state index in [1.54, 1.807) is 0 Å². The van der Waals surface area contributed by atoms with E-state index in [4.69, 9.17) is 5.11 Å². The average Bonchev–Trinajstić information content (AvgIpc) is 2.43. The molecule has 0 aliphatic carbocycles. The molecule has 10 heteroatoms. The Hall–Kier alpha value is -2.52. The van der Waals surface area contributed by atoms with Crippen LogP contribution in [0.2, 0.25) is 0 Å². The fourth-order valence-electron chi connectivity index (χ4n) is 1.49. The lowest BCUT2D eigenvalue weighted by Crippen LogP contribution is -2.30. The zero-order valence-corrected chi connectivity index (χ0v) is 11.7. The average molecular weight is 338 g/mol. The van der Waals surface area contributed by atoms with Crippen LogP contribution in [0.5, 0.6) is 5.75 Å². The molecule has 0 aromatic heterocycles. The first-order chi connectivity index (χ1) is 10.7. The molecule has 0 atom stereocenters. The molecule has 0 radical (unpaired) electrons. The highest BCUT2D eigenvalue weighted by molar-refractivity contribution is 5.90. The van der Waals surface area contributed by atoms with Gasteiger partial charge in [0, 0.05) is 19.0 Å². The van der Waals surface area contributed by atoms with Crippen LogP contribution in [-0.4, -0.2) is 36.4 Å². The third-order valence-corrected chi connectivity index (χ3v) is 2.44. The van der Waals surface area contributed by atoms with E-state index in [0.29, 0.717) is 6.07 Å². The van der Waals surface area contributed by atoms with Gasteiger partial charge in [-0.05, 0) is 18.6 Å². The van der Waals surface area contributed by atoms with E-state index in [1.807, 2.05) is 0 Å². The minimum Gasteiger partial charge on any atom is -0.482 e. The maximum atomic E-state index is 13.1. The minimum atomic E-state index is -4.61. The molecule has 1 rings (SSSR count). The molecular formula is C13H14F4N2O4. The monoisotopic (exact) mass is 338 g/mol. The summed E-state index contributed by atoms with van der Waals surface area (Å²) in [6.45, 7) is -1.58. The van der Waals surface area contributed by atoms with E-state index in [2.05, 4.69) is 15.4 Å². The normalized spacial score (nSPS) is 11.0. The quantitative estimate of drug-likeness (QED) is 0.527. The molecule has 0 saturated heterocycles. The van der Waals surface area contributed by atoms with Gasteiger partial charge in [-0.15, -0.1) is 0 Å². The number of ether oxygens (including phenoxy) is 1. The Bertz CT molecular complexity index is 563. The van der Waals surface area contributed by atoms with Crippen molar-refractivity contribution in [2.24, 2.45) is 0 Å². The third kappa shape index (κ3) is 7.88. The second-order valence-electron chi connectivity index (χ2n) is 4.42.